The van der Waals surface area contributed by atoms with E-state index in [0.717, 1.165) is 29.2 Å². The normalized spacial score (nSPS) is 17.5. The fraction of sp³-hybridized carbons (Fsp3) is 0.278. The number of nitrogens with zero attached hydrogens (tertiary/aromatic N) is 1. The molecule has 4 heteroatoms. The van der Waals surface area contributed by atoms with Crippen LogP contribution >= 0.6 is 11.8 Å². The molecule has 2 aromatic carbocycles. The van der Waals surface area contributed by atoms with E-state index in [4.69, 9.17) is 4.74 Å². The van der Waals surface area contributed by atoms with Crippen molar-refractivity contribution in [3.8, 4) is 5.75 Å². The number of benzene rings is 2. The SMILES string of the molecule is CC(=O)N1CCSC1c1ccc(OCc2ccccc2)cc1. The molecule has 3 rings (SSSR count). The minimum atomic E-state index is 0.138. The third kappa shape index (κ3) is 3.45. The zero-order valence-corrected chi connectivity index (χ0v) is 13.4. The molecule has 1 amide bonds. The molecular formula is C18H19NO2S. The Hall–Kier alpha value is -1.94. The molecule has 1 heterocycles. The fourth-order valence-electron chi connectivity index (χ4n) is 2.54. The number of hydrogen-bond acceptors (Lipinski definition) is 3. The number of amides is 1. The molecule has 3 nitrogen and oxygen atoms in total. The first-order valence-electron chi connectivity index (χ1n) is 7.39. The molecule has 1 unspecified atom stereocenters. The summed E-state index contributed by atoms with van der Waals surface area (Å²) >= 11 is 1.81. The van der Waals surface area contributed by atoms with E-state index in [1.165, 1.54) is 0 Å². The van der Waals surface area contributed by atoms with Crippen molar-refractivity contribution in [2.45, 2.75) is 18.9 Å². The van der Waals surface area contributed by atoms with Gasteiger partial charge in [-0.2, -0.15) is 0 Å². The highest BCUT2D eigenvalue weighted by atomic mass is 32.2. The van der Waals surface area contributed by atoms with Crippen molar-refractivity contribution in [3.63, 3.8) is 0 Å². The average molecular weight is 313 g/mol. The summed E-state index contributed by atoms with van der Waals surface area (Å²) in [6, 6.07) is 18.2. The third-order valence-corrected chi connectivity index (χ3v) is 4.97. The summed E-state index contributed by atoms with van der Waals surface area (Å²) in [4.78, 5) is 13.6. The Morgan fingerprint density at radius 2 is 1.91 bits per heavy atom. The number of hydrogen-bond donors (Lipinski definition) is 0. The zero-order chi connectivity index (χ0) is 15.4. The van der Waals surface area contributed by atoms with Crippen molar-refractivity contribution < 1.29 is 9.53 Å². The number of carbonyl (C=O) groups excluding carboxylic acids is 1. The Bertz CT molecular complexity index is 627. The Kier molecular flexibility index (Phi) is 4.68. The Labute approximate surface area is 135 Å². The molecule has 0 aliphatic carbocycles. The van der Waals surface area contributed by atoms with E-state index in [-0.39, 0.29) is 11.3 Å². The molecule has 1 saturated heterocycles. The summed E-state index contributed by atoms with van der Waals surface area (Å²) in [7, 11) is 0. The van der Waals surface area contributed by atoms with Crippen LogP contribution in [0.25, 0.3) is 0 Å². The summed E-state index contributed by atoms with van der Waals surface area (Å²) in [6.07, 6.45) is 0. The summed E-state index contributed by atoms with van der Waals surface area (Å²) in [5.41, 5.74) is 2.31. The molecule has 0 saturated carbocycles. The molecule has 0 radical (unpaired) electrons. The first-order chi connectivity index (χ1) is 10.7. The summed E-state index contributed by atoms with van der Waals surface area (Å²) in [5, 5.41) is 0.140. The van der Waals surface area contributed by atoms with Crippen LogP contribution in [0.2, 0.25) is 0 Å². The smallest absolute Gasteiger partial charge is 0.220 e. The first-order valence-corrected chi connectivity index (χ1v) is 8.44. The van der Waals surface area contributed by atoms with Crippen LogP contribution in [0.15, 0.2) is 54.6 Å². The molecule has 1 aliphatic rings. The highest BCUT2D eigenvalue weighted by molar-refractivity contribution is 7.99. The van der Waals surface area contributed by atoms with Crippen molar-refractivity contribution >= 4 is 17.7 Å². The van der Waals surface area contributed by atoms with E-state index in [2.05, 4.69) is 12.1 Å². The maximum Gasteiger partial charge on any atom is 0.220 e. The monoisotopic (exact) mass is 313 g/mol. The molecule has 0 spiro atoms. The third-order valence-electron chi connectivity index (χ3n) is 3.71. The van der Waals surface area contributed by atoms with Gasteiger partial charge in [0.15, 0.2) is 0 Å². The van der Waals surface area contributed by atoms with E-state index in [9.17, 15) is 4.79 Å². The molecule has 1 atom stereocenters. The van der Waals surface area contributed by atoms with Crippen LogP contribution in [-0.2, 0) is 11.4 Å². The van der Waals surface area contributed by atoms with Gasteiger partial charge in [-0.05, 0) is 23.3 Å². The molecule has 2 aromatic rings. The Morgan fingerprint density at radius 3 is 2.59 bits per heavy atom. The topological polar surface area (TPSA) is 29.5 Å². The van der Waals surface area contributed by atoms with Gasteiger partial charge in [-0.1, -0.05) is 42.5 Å². The summed E-state index contributed by atoms with van der Waals surface area (Å²) in [6.45, 7) is 3.03. The second-order valence-corrected chi connectivity index (χ2v) is 6.47. The number of rotatable bonds is 4. The van der Waals surface area contributed by atoms with Gasteiger partial charge < -0.3 is 9.64 Å². The van der Waals surface area contributed by atoms with E-state index in [1.54, 1.807) is 6.92 Å². The van der Waals surface area contributed by atoms with Gasteiger partial charge in [0.2, 0.25) is 5.91 Å². The molecule has 0 aromatic heterocycles. The second kappa shape index (κ2) is 6.88. The van der Waals surface area contributed by atoms with Gasteiger partial charge in [-0.25, -0.2) is 0 Å². The van der Waals surface area contributed by atoms with Gasteiger partial charge in [0, 0.05) is 19.2 Å². The second-order valence-electron chi connectivity index (χ2n) is 5.28. The maximum atomic E-state index is 11.6. The first kappa shape index (κ1) is 15.0. The van der Waals surface area contributed by atoms with E-state index in [1.807, 2.05) is 59.1 Å². The van der Waals surface area contributed by atoms with Gasteiger partial charge in [-0.3, -0.25) is 4.79 Å². The number of ether oxygens (including phenoxy) is 1. The molecular weight excluding hydrogens is 294 g/mol. The van der Waals surface area contributed by atoms with Gasteiger partial charge in [0.1, 0.15) is 17.7 Å². The maximum absolute atomic E-state index is 11.6. The van der Waals surface area contributed by atoms with Crippen LogP contribution in [0.3, 0.4) is 0 Å². The van der Waals surface area contributed by atoms with Gasteiger partial charge in [0.05, 0.1) is 0 Å². The number of carbonyl (C=O) groups is 1. The van der Waals surface area contributed by atoms with Crippen molar-refractivity contribution in [1.82, 2.24) is 4.90 Å². The quantitative estimate of drug-likeness (QED) is 0.858. The van der Waals surface area contributed by atoms with Crippen LogP contribution in [0.1, 0.15) is 23.4 Å². The minimum absolute atomic E-state index is 0.138. The predicted octanol–water partition coefficient (Wildman–Crippen LogP) is 3.86. The van der Waals surface area contributed by atoms with Gasteiger partial charge in [0.25, 0.3) is 0 Å². The highest BCUT2D eigenvalue weighted by Gasteiger charge is 2.28. The van der Waals surface area contributed by atoms with Crippen molar-refractivity contribution in [1.29, 1.82) is 0 Å². The molecule has 114 valence electrons. The summed E-state index contributed by atoms with van der Waals surface area (Å²) in [5.74, 6) is 1.99. The van der Waals surface area contributed by atoms with E-state index < -0.39 is 0 Å². The van der Waals surface area contributed by atoms with Crippen LogP contribution in [0.5, 0.6) is 5.75 Å². The molecule has 1 fully saturated rings. The van der Waals surface area contributed by atoms with E-state index >= 15 is 0 Å². The van der Waals surface area contributed by atoms with E-state index in [0.29, 0.717) is 6.61 Å². The van der Waals surface area contributed by atoms with Crippen LogP contribution in [0, 0.1) is 0 Å². The number of thioether (sulfide) groups is 1. The highest BCUT2D eigenvalue weighted by Crippen LogP contribution is 2.38. The van der Waals surface area contributed by atoms with Crippen LogP contribution in [-0.4, -0.2) is 23.1 Å². The summed E-state index contributed by atoms with van der Waals surface area (Å²) < 4.78 is 5.80. The molecule has 0 N–H and O–H groups in total. The lowest BCUT2D eigenvalue weighted by Crippen LogP contribution is -2.27. The molecule has 0 bridgehead atoms. The van der Waals surface area contributed by atoms with Crippen molar-refractivity contribution in [2.75, 3.05) is 12.3 Å². The lowest BCUT2D eigenvalue weighted by molar-refractivity contribution is -0.128. The Balaban J connectivity index is 1.64. The van der Waals surface area contributed by atoms with Crippen molar-refractivity contribution in [3.05, 3.63) is 65.7 Å². The van der Waals surface area contributed by atoms with Gasteiger partial charge >= 0.3 is 0 Å². The lowest BCUT2D eigenvalue weighted by atomic mass is 10.2. The lowest BCUT2D eigenvalue weighted by Gasteiger charge is -2.22. The standard InChI is InChI=1S/C18H19NO2S/c1-14(20)19-11-12-22-18(19)16-7-9-17(10-8-16)21-13-15-5-3-2-4-6-15/h2-10,18H,11-13H2,1H3. The van der Waals surface area contributed by atoms with Crippen LogP contribution < -0.4 is 4.74 Å². The average Bonchev–Trinajstić information content (AvgIpc) is 3.04. The Morgan fingerprint density at radius 1 is 1.18 bits per heavy atom. The fourth-order valence-corrected chi connectivity index (χ4v) is 3.85. The van der Waals surface area contributed by atoms with Gasteiger partial charge in [-0.15, -0.1) is 11.8 Å². The molecule has 1 aliphatic heterocycles. The molecule has 22 heavy (non-hydrogen) atoms. The zero-order valence-electron chi connectivity index (χ0n) is 12.6. The minimum Gasteiger partial charge on any atom is -0.489 e. The van der Waals surface area contributed by atoms with Crippen molar-refractivity contribution in [2.24, 2.45) is 0 Å². The predicted molar refractivity (Wildman–Crippen MR) is 89.8 cm³/mol. The largest absolute Gasteiger partial charge is 0.489 e. The van der Waals surface area contributed by atoms with Crippen LogP contribution in [0.4, 0.5) is 0 Å².